The summed E-state index contributed by atoms with van der Waals surface area (Å²) < 4.78 is 0. The summed E-state index contributed by atoms with van der Waals surface area (Å²) in [6.07, 6.45) is 0.0750. The minimum absolute atomic E-state index is 0.0396. The maximum atomic E-state index is 12.9. The van der Waals surface area contributed by atoms with Crippen LogP contribution in [-0.4, -0.2) is 34.2 Å². The van der Waals surface area contributed by atoms with Crippen molar-refractivity contribution in [1.29, 1.82) is 0 Å². The molecule has 0 bridgehead atoms. The van der Waals surface area contributed by atoms with Gasteiger partial charge in [-0.2, -0.15) is 0 Å². The molecule has 0 saturated heterocycles. The minimum atomic E-state index is -0.873. The van der Waals surface area contributed by atoms with E-state index in [1.807, 2.05) is 63.2 Å². The van der Waals surface area contributed by atoms with Crippen molar-refractivity contribution in [3.05, 3.63) is 107 Å². The second-order valence-electron chi connectivity index (χ2n) is 11.1. The number of anilines is 1. The normalized spacial score (nSPS) is 13.0. The second kappa shape index (κ2) is 12.8. The van der Waals surface area contributed by atoms with E-state index in [2.05, 4.69) is 40.2 Å². The summed E-state index contributed by atoms with van der Waals surface area (Å²) in [5.74, 6) is -0.174. The first-order valence-corrected chi connectivity index (χ1v) is 13.7. The van der Waals surface area contributed by atoms with Gasteiger partial charge in [0.25, 0.3) is 0 Å². The van der Waals surface area contributed by atoms with Crippen LogP contribution in [0.2, 0.25) is 0 Å². The number of phenolic OH excluding ortho intramolecular Hbond substituents is 1. The lowest BCUT2D eigenvalue weighted by Gasteiger charge is -2.28. The van der Waals surface area contributed by atoms with Crippen molar-refractivity contribution < 1.29 is 19.8 Å². The number of urea groups is 1. The highest BCUT2D eigenvalue weighted by Gasteiger charge is 2.21. The van der Waals surface area contributed by atoms with Gasteiger partial charge in [-0.25, -0.2) is 4.79 Å². The largest absolute Gasteiger partial charge is 0.506 e. The smallest absolute Gasteiger partial charge is 0.316 e. The predicted octanol–water partition coefficient (Wildman–Crippen LogP) is 5.10. The maximum absolute atomic E-state index is 12.9. The first-order chi connectivity index (χ1) is 19.5. The monoisotopic (exact) mass is 554 g/mol. The van der Waals surface area contributed by atoms with Gasteiger partial charge in [0, 0.05) is 12.1 Å². The van der Waals surface area contributed by atoms with Crippen molar-refractivity contribution in [2.24, 2.45) is 5.73 Å². The Morgan fingerprint density at radius 2 is 1.63 bits per heavy atom. The molecule has 4 aromatic carbocycles. The van der Waals surface area contributed by atoms with E-state index in [4.69, 9.17) is 5.73 Å². The SMILES string of the molecule is CC(NC(=O)Cc1cccc(CC(C)(C)NC[C@H](O)c2ccc(O)c(NC(N)=O)c2)c1)c1cccc2ccccc12. The van der Waals surface area contributed by atoms with Gasteiger partial charge in [0.1, 0.15) is 5.75 Å². The number of benzene rings is 4. The van der Waals surface area contributed by atoms with E-state index in [-0.39, 0.29) is 41.9 Å². The number of rotatable bonds is 11. The van der Waals surface area contributed by atoms with Gasteiger partial charge < -0.3 is 31.9 Å². The number of aliphatic hydroxyl groups is 1. The van der Waals surface area contributed by atoms with Crippen LogP contribution in [0.5, 0.6) is 5.75 Å². The summed E-state index contributed by atoms with van der Waals surface area (Å²) in [4.78, 5) is 24.1. The van der Waals surface area contributed by atoms with Crippen molar-refractivity contribution in [2.75, 3.05) is 11.9 Å². The summed E-state index contributed by atoms with van der Waals surface area (Å²) in [5, 5.41) is 31.8. The number of amides is 3. The standard InChI is InChI=1S/C33H38N4O4/c1-21(26-13-7-11-24-10-4-5-12-27(24)26)36-31(40)17-22-8-6-9-23(16-22)19-33(2,3)35-20-30(39)25-14-15-29(38)28(18-25)37-32(34)41/h4-16,18,21,30,35,38-39H,17,19-20H2,1-3H3,(H,36,40)(H3,34,37,41)/t21?,30-/m0/s1. The van der Waals surface area contributed by atoms with Crippen LogP contribution in [0.4, 0.5) is 10.5 Å². The number of carbonyl (C=O) groups excluding carboxylic acids is 2. The zero-order chi connectivity index (χ0) is 29.6. The molecular formula is C33H38N4O4. The van der Waals surface area contributed by atoms with Gasteiger partial charge in [-0.1, -0.05) is 72.8 Å². The lowest BCUT2D eigenvalue weighted by Crippen LogP contribution is -2.43. The molecule has 8 nitrogen and oxygen atoms in total. The third kappa shape index (κ3) is 8.06. The number of aromatic hydroxyl groups is 1. The molecule has 0 spiro atoms. The van der Waals surface area contributed by atoms with Gasteiger partial charge in [-0.05, 0) is 72.4 Å². The van der Waals surface area contributed by atoms with Gasteiger partial charge in [0.2, 0.25) is 5.91 Å². The van der Waals surface area contributed by atoms with Crippen molar-refractivity contribution in [2.45, 2.75) is 51.3 Å². The maximum Gasteiger partial charge on any atom is 0.316 e. The van der Waals surface area contributed by atoms with Crippen molar-refractivity contribution >= 4 is 28.4 Å². The van der Waals surface area contributed by atoms with Gasteiger partial charge in [0.05, 0.1) is 24.3 Å². The van der Waals surface area contributed by atoms with Crippen LogP contribution >= 0.6 is 0 Å². The average Bonchev–Trinajstić information content (AvgIpc) is 2.92. The first-order valence-electron chi connectivity index (χ1n) is 13.7. The van der Waals surface area contributed by atoms with Crippen molar-refractivity contribution in [3.8, 4) is 5.75 Å². The lowest BCUT2D eigenvalue weighted by molar-refractivity contribution is -0.121. The fourth-order valence-corrected chi connectivity index (χ4v) is 5.09. The Morgan fingerprint density at radius 1 is 0.927 bits per heavy atom. The van der Waals surface area contributed by atoms with E-state index in [0.717, 1.165) is 27.5 Å². The molecule has 7 N–H and O–H groups in total. The molecule has 3 amide bonds. The Balaban J connectivity index is 1.34. The van der Waals surface area contributed by atoms with Crippen LogP contribution in [0.25, 0.3) is 10.8 Å². The number of nitrogens with two attached hydrogens (primary N) is 1. The molecule has 214 valence electrons. The molecule has 0 radical (unpaired) electrons. The van der Waals surface area contributed by atoms with Crippen molar-refractivity contribution in [3.63, 3.8) is 0 Å². The average molecular weight is 555 g/mol. The van der Waals surface area contributed by atoms with Crippen LogP contribution in [0.15, 0.2) is 84.9 Å². The van der Waals surface area contributed by atoms with E-state index < -0.39 is 12.1 Å². The van der Waals surface area contributed by atoms with E-state index in [1.54, 1.807) is 6.07 Å². The predicted molar refractivity (Wildman–Crippen MR) is 163 cm³/mol. The zero-order valence-electron chi connectivity index (χ0n) is 23.6. The molecule has 4 aromatic rings. The third-order valence-corrected chi connectivity index (χ3v) is 7.11. The molecule has 0 aliphatic heterocycles. The zero-order valence-corrected chi connectivity index (χ0v) is 23.6. The summed E-state index contributed by atoms with van der Waals surface area (Å²) in [5.41, 5.74) is 8.55. The number of β-amino-alcohol motifs (C(OH)–C–C–N with tert-alkyl or cyclic N) is 1. The molecule has 41 heavy (non-hydrogen) atoms. The minimum Gasteiger partial charge on any atom is -0.506 e. The molecule has 0 aliphatic rings. The molecule has 0 heterocycles. The fraction of sp³-hybridized carbons (Fsp3) is 0.273. The number of hydrogen-bond acceptors (Lipinski definition) is 5. The molecule has 0 aliphatic carbocycles. The molecule has 8 heteroatoms. The number of aliphatic hydroxyl groups excluding tert-OH is 1. The first kappa shape index (κ1) is 29.6. The fourth-order valence-electron chi connectivity index (χ4n) is 5.09. The van der Waals surface area contributed by atoms with Gasteiger partial charge in [-0.15, -0.1) is 0 Å². The molecular weight excluding hydrogens is 516 g/mol. The highest BCUT2D eigenvalue weighted by atomic mass is 16.3. The van der Waals surface area contributed by atoms with E-state index in [1.165, 1.54) is 12.1 Å². The number of phenols is 1. The van der Waals surface area contributed by atoms with Gasteiger partial charge in [-0.3, -0.25) is 4.79 Å². The van der Waals surface area contributed by atoms with Crippen LogP contribution < -0.4 is 21.7 Å². The quantitative estimate of drug-likeness (QED) is 0.143. The summed E-state index contributed by atoms with van der Waals surface area (Å²) in [6, 6.07) is 25.9. The Kier molecular flexibility index (Phi) is 9.27. The number of carbonyl (C=O) groups is 2. The topological polar surface area (TPSA) is 137 Å². The number of nitrogens with one attached hydrogen (secondary N) is 3. The molecule has 1 unspecified atom stereocenters. The van der Waals surface area contributed by atoms with Crippen LogP contribution in [-0.2, 0) is 17.6 Å². The van der Waals surface area contributed by atoms with E-state index >= 15 is 0 Å². The van der Waals surface area contributed by atoms with Gasteiger partial charge >= 0.3 is 6.03 Å². The van der Waals surface area contributed by atoms with Crippen LogP contribution in [0.3, 0.4) is 0 Å². The van der Waals surface area contributed by atoms with Crippen LogP contribution in [0, 0.1) is 0 Å². The molecule has 0 aromatic heterocycles. The second-order valence-corrected chi connectivity index (χ2v) is 11.1. The van der Waals surface area contributed by atoms with Gasteiger partial charge in [0.15, 0.2) is 0 Å². The number of primary amides is 1. The highest BCUT2D eigenvalue weighted by molar-refractivity contribution is 5.89. The van der Waals surface area contributed by atoms with Crippen molar-refractivity contribution in [1.82, 2.24) is 10.6 Å². The Hall–Kier alpha value is -4.40. The Morgan fingerprint density at radius 3 is 2.41 bits per heavy atom. The highest BCUT2D eigenvalue weighted by Crippen LogP contribution is 2.28. The molecule has 0 saturated carbocycles. The molecule has 2 atom stereocenters. The third-order valence-electron chi connectivity index (χ3n) is 7.11. The molecule has 0 fully saturated rings. The Labute approximate surface area is 240 Å². The van der Waals surface area contributed by atoms with E-state index in [0.29, 0.717) is 12.0 Å². The number of hydrogen-bond donors (Lipinski definition) is 6. The molecule has 4 rings (SSSR count). The summed E-state index contributed by atoms with van der Waals surface area (Å²) in [7, 11) is 0. The Bertz CT molecular complexity index is 1530. The summed E-state index contributed by atoms with van der Waals surface area (Å²) >= 11 is 0. The number of fused-ring (bicyclic) bond motifs is 1. The summed E-state index contributed by atoms with van der Waals surface area (Å²) in [6.45, 7) is 6.34. The van der Waals surface area contributed by atoms with Crippen LogP contribution in [0.1, 0.15) is 55.2 Å². The van der Waals surface area contributed by atoms with E-state index in [9.17, 15) is 19.8 Å². The lowest BCUT2D eigenvalue weighted by atomic mass is 9.93.